The Labute approximate surface area is 114 Å². The molecule has 2 rings (SSSR count). The van der Waals surface area contributed by atoms with E-state index in [1.807, 2.05) is 0 Å². The SMILES string of the molecule is CC1CCN(CCNc2nnc(C(F)(F)F)s2)CC1. The van der Waals surface area contributed by atoms with Crippen molar-refractivity contribution in [3.63, 3.8) is 0 Å². The van der Waals surface area contributed by atoms with E-state index in [4.69, 9.17) is 0 Å². The van der Waals surface area contributed by atoms with Gasteiger partial charge in [0, 0.05) is 13.1 Å². The van der Waals surface area contributed by atoms with E-state index in [0.29, 0.717) is 17.9 Å². The number of hydrogen-bond acceptors (Lipinski definition) is 5. The Morgan fingerprint density at radius 3 is 2.58 bits per heavy atom. The van der Waals surface area contributed by atoms with Crippen LogP contribution in [0.5, 0.6) is 0 Å². The topological polar surface area (TPSA) is 41.0 Å². The summed E-state index contributed by atoms with van der Waals surface area (Å²) in [5, 5.41) is 8.86. The third-order valence-corrected chi connectivity index (χ3v) is 4.17. The first-order chi connectivity index (χ1) is 8.95. The maximum absolute atomic E-state index is 12.3. The van der Waals surface area contributed by atoms with Gasteiger partial charge in [0.2, 0.25) is 10.1 Å². The molecule has 0 aromatic carbocycles. The molecule has 1 aromatic heterocycles. The number of rotatable bonds is 4. The Morgan fingerprint density at radius 2 is 2.00 bits per heavy atom. The van der Waals surface area contributed by atoms with Gasteiger partial charge in [-0.1, -0.05) is 18.3 Å². The molecule has 1 fully saturated rings. The van der Waals surface area contributed by atoms with Crippen LogP contribution in [0.1, 0.15) is 24.8 Å². The molecule has 0 saturated carbocycles. The van der Waals surface area contributed by atoms with Gasteiger partial charge in [-0.25, -0.2) is 0 Å². The van der Waals surface area contributed by atoms with E-state index in [0.717, 1.165) is 25.6 Å². The zero-order valence-corrected chi connectivity index (χ0v) is 11.5. The van der Waals surface area contributed by atoms with Gasteiger partial charge in [0.15, 0.2) is 0 Å². The summed E-state index contributed by atoms with van der Waals surface area (Å²) in [5.74, 6) is 0.779. The number of nitrogens with zero attached hydrogens (tertiary/aromatic N) is 3. The molecule has 8 heteroatoms. The van der Waals surface area contributed by atoms with Crippen molar-refractivity contribution in [3.8, 4) is 0 Å². The molecular weight excluding hydrogens is 277 g/mol. The first-order valence-electron chi connectivity index (χ1n) is 6.32. The molecule has 1 N–H and O–H groups in total. The second kappa shape index (κ2) is 6.04. The van der Waals surface area contributed by atoms with Gasteiger partial charge in [-0.05, 0) is 31.8 Å². The number of nitrogens with one attached hydrogen (secondary N) is 1. The lowest BCUT2D eigenvalue weighted by Crippen LogP contribution is -2.36. The quantitative estimate of drug-likeness (QED) is 0.927. The molecule has 0 bridgehead atoms. The largest absolute Gasteiger partial charge is 0.445 e. The van der Waals surface area contributed by atoms with Gasteiger partial charge in [-0.2, -0.15) is 13.2 Å². The smallest absolute Gasteiger partial charge is 0.359 e. The zero-order chi connectivity index (χ0) is 13.9. The Bertz CT molecular complexity index is 399. The summed E-state index contributed by atoms with van der Waals surface area (Å²) in [5.41, 5.74) is 0. The van der Waals surface area contributed by atoms with Crippen LogP contribution in [0.3, 0.4) is 0 Å². The Kier molecular flexibility index (Phi) is 4.62. The zero-order valence-electron chi connectivity index (χ0n) is 10.7. The lowest BCUT2D eigenvalue weighted by Gasteiger charge is -2.29. The minimum absolute atomic E-state index is 0.234. The maximum Gasteiger partial charge on any atom is 0.445 e. The van der Waals surface area contributed by atoms with E-state index in [1.54, 1.807) is 0 Å². The van der Waals surface area contributed by atoms with Gasteiger partial charge in [0.25, 0.3) is 0 Å². The molecular formula is C11H17F3N4S. The Balaban J connectivity index is 1.72. The molecule has 19 heavy (non-hydrogen) atoms. The Hall–Kier alpha value is -0.890. The minimum Gasteiger partial charge on any atom is -0.359 e. The van der Waals surface area contributed by atoms with E-state index < -0.39 is 11.2 Å². The van der Waals surface area contributed by atoms with Crippen molar-refractivity contribution in [3.05, 3.63) is 5.01 Å². The molecule has 0 radical (unpaired) electrons. The Morgan fingerprint density at radius 1 is 1.32 bits per heavy atom. The highest BCUT2D eigenvalue weighted by atomic mass is 32.1. The number of piperidine rings is 1. The lowest BCUT2D eigenvalue weighted by atomic mass is 9.99. The number of likely N-dealkylation sites (tertiary alicyclic amines) is 1. The number of alkyl halides is 3. The average molecular weight is 294 g/mol. The van der Waals surface area contributed by atoms with E-state index in [-0.39, 0.29) is 5.13 Å². The van der Waals surface area contributed by atoms with Gasteiger partial charge in [0.05, 0.1) is 0 Å². The van der Waals surface area contributed by atoms with Crippen molar-refractivity contribution in [2.75, 3.05) is 31.5 Å². The minimum atomic E-state index is -4.40. The number of halogens is 3. The highest BCUT2D eigenvalue weighted by Gasteiger charge is 2.35. The molecule has 0 spiro atoms. The van der Waals surface area contributed by atoms with Crippen molar-refractivity contribution in [1.29, 1.82) is 0 Å². The average Bonchev–Trinajstić information content (AvgIpc) is 2.80. The van der Waals surface area contributed by atoms with Crippen molar-refractivity contribution >= 4 is 16.5 Å². The molecule has 108 valence electrons. The van der Waals surface area contributed by atoms with Crippen LogP contribution in [-0.4, -0.2) is 41.3 Å². The molecule has 4 nitrogen and oxygen atoms in total. The highest BCUT2D eigenvalue weighted by Crippen LogP contribution is 2.32. The molecule has 1 aromatic rings. The summed E-state index contributed by atoms with van der Waals surface area (Å²) in [6.07, 6.45) is -2.02. The van der Waals surface area contributed by atoms with Gasteiger partial charge in [-0.15, -0.1) is 10.2 Å². The van der Waals surface area contributed by atoms with Crippen LogP contribution < -0.4 is 5.32 Å². The summed E-state index contributed by atoms with van der Waals surface area (Å²) < 4.78 is 37.0. The third-order valence-electron chi connectivity index (χ3n) is 3.25. The summed E-state index contributed by atoms with van der Waals surface area (Å²) in [6, 6.07) is 0. The van der Waals surface area contributed by atoms with Gasteiger partial charge in [0.1, 0.15) is 0 Å². The first kappa shape index (κ1) is 14.5. The van der Waals surface area contributed by atoms with E-state index >= 15 is 0 Å². The molecule has 0 unspecified atom stereocenters. The second-order valence-corrected chi connectivity index (χ2v) is 5.84. The molecule has 0 amide bonds. The highest BCUT2D eigenvalue weighted by molar-refractivity contribution is 7.15. The summed E-state index contributed by atoms with van der Waals surface area (Å²) in [7, 11) is 0. The van der Waals surface area contributed by atoms with Crippen LogP contribution >= 0.6 is 11.3 Å². The summed E-state index contributed by atoms with van der Waals surface area (Å²) in [6.45, 7) is 5.80. The van der Waals surface area contributed by atoms with Crippen molar-refractivity contribution < 1.29 is 13.2 Å². The van der Waals surface area contributed by atoms with Crippen molar-refractivity contribution in [2.45, 2.75) is 25.9 Å². The van der Waals surface area contributed by atoms with E-state index in [1.165, 1.54) is 12.8 Å². The van der Waals surface area contributed by atoms with Crippen molar-refractivity contribution in [2.24, 2.45) is 5.92 Å². The number of hydrogen-bond donors (Lipinski definition) is 1. The van der Waals surface area contributed by atoms with Crippen LogP contribution in [0.15, 0.2) is 0 Å². The van der Waals surface area contributed by atoms with Crippen LogP contribution in [0.4, 0.5) is 18.3 Å². The fourth-order valence-corrected chi connectivity index (χ4v) is 2.65. The van der Waals surface area contributed by atoms with Crippen LogP contribution in [0.25, 0.3) is 0 Å². The van der Waals surface area contributed by atoms with Gasteiger partial charge in [-0.3, -0.25) is 0 Å². The van der Waals surface area contributed by atoms with E-state index in [9.17, 15) is 13.2 Å². The molecule has 1 aliphatic heterocycles. The summed E-state index contributed by atoms with van der Waals surface area (Å²) >= 11 is 0.550. The first-order valence-corrected chi connectivity index (χ1v) is 7.13. The predicted octanol–water partition coefficient (Wildman–Crippen LogP) is 2.70. The molecule has 0 aliphatic carbocycles. The second-order valence-electron chi connectivity index (χ2n) is 4.86. The molecule has 1 aliphatic rings. The molecule has 0 atom stereocenters. The van der Waals surface area contributed by atoms with E-state index in [2.05, 4.69) is 27.3 Å². The summed E-state index contributed by atoms with van der Waals surface area (Å²) in [4.78, 5) is 2.32. The van der Waals surface area contributed by atoms with Crippen LogP contribution in [0.2, 0.25) is 0 Å². The lowest BCUT2D eigenvalue weighted by molar-refractivity contribution is -0.138. The standard InChI is InChI=1S/C11H17F3N4S/c1-8-2-5-18(6-3-8)7-4-15-10-17-16-9(19-10)11(12,13)14/h8H,2-7H2,1H3,(H,15,17). The monoisotopic (exact) mass is 294 g/mol. The van der Waals surface area contributed by atoms with Gasteiger partial charge >= 0.3 is 6.18 Å². The fraction of sp³-hybridized carbons (Fsp3) is 0.818. The van der Waals surface area contributed by atoms with Crippen molar-refractivity contribution in [1.82, 2.24) is 15.1 Å². The third kappa shape index (κ3) is 4.31. The molecule has 2 heterocycles. The fourth-order valence-electron chi connectivity index (χ4n) is 2.02. The number of anilines is 1. The van der Waals surface area contributed by atoms with Crippen LogP contribution in [0, 0.1) is 5.92 Å². The maximum atomic E-state index is 12.3. The van der Waals surface area contributed by atoms with Crippen LogP contribution in [-0.2, 0) is 6.18 Å². The predicted molar refractivity (Wildman–Crippen MR) is 68.2 cm³/mol. The normalized spacial score (nSPS) is 18.7. The van der Waals surface area contributed by atoms with Gasteiger partial charge < -0.3 is 10.2 Å². The number of aromatic nitrogens is 2. The molecule has 1 saturated heterocycles.